The quantitative estimate of drug-likeness (QED) is 0.470. The molecule has 0 saturated carbocycles. The minimum atomic E-state index is 0. The second-order valence-electron chi connectivity index (χ2n) is 5.34. The van der Waals surface area contributed by atoms with E-state index < -0.39 is 0 Å². The molecule has 2 nitrogen and oxygen atoms in total. The fraction of sp³-hybridized carbons (Fsp3) is 0.368. The van der Waals surface area contributed by atoms with Gasteiger partial charge >= 0.3 is 37.7 Å². The molecule has 4 heteroatoms. The minimum absolute atomic E-state index is 0. The van der Waals surface area contributed by atoms with Gasteiger partial charge in [0.15, 0.2) is 0 Å². The van der Waals surface area contributed by atoms with E-state index in [2.05, 4.69) is 62.4 Å². The van der Waals surface area contributed by atoms with Crippen LogP contribution in [0.3, 0.4) is 0 Å². The topological polar surface area (TPSA) is 28.2 Å². The van der Waals surface area contributed by atoms with E-state index in [1.807, 2.05) is 12.1 Å². The van der Waals surface area contributed by atoms with E-state index in [1.54, 1.807) is 0 Å². The smallest absolute Gasteiger partial charge is 0.656 e. The zero-order valence-electron chi connectivity index (χ0n) is 14.9. The molecule has 0 bridgehead atoms. The molecule has 23 heavy (non-hydrogen) atoms. The van der Waals surface area contributed by atoms with Gasteiger partial charge in [-0.2, -0.15) is 13.1 Å². The number of nitrogens with zero attached hydrogens (tertiary/aromatic N) is 2. The second kappa shape index (κ2) is 12.9. The van der Waals surface area contributed by atoms with Crippen LogP contribution in [-0.4, -0.2) is 13.1 Å². The predicted octanol–water partition coefficient (Wildman–Crippen LogP) is -0.346. The van der Waals surface area contributed by atoms with Crippen molar-refractivity contribution in [3.8, 4) is 0 Å². The van der Waals surface area contributed by atoms with Crippen molar-refractivity contribution in [2.45, 2.75) is 32.4 Å². The maximum Gasteiger partial charge on any atom is 1.00 e. The number of benzene rings is 2. The van der Waals surface area contributed by atoms with Crippen molar-refractivity contribution in [2.75, 3.05) is 13.1 Å². The van der Waals surface area contributed by atoms with Gasteiger partial charge < -0.3 is 10.6 Å². The van der Waals surface area contributed by atoms with E-state index in [9.17, 15) is 0 Å². The summed E-state index contributed by atoms with van der Waals surface area (Å²) in [5.74, 6) is 0. The van der Waals surface area contributed by atoms with Crippen LogP contribution in [0.4, 0.5) is 0 Å². The second-order valence-corrected chi connectivity index (χ2v) is 5.34. The van der Waals surface area contributed by atoms with Crippen LogP contribution in [0, 0.1) is 0 Å². The van der Waals surface area contributed by atoms with Gasteiger partial charge in [-0.15, -0.1) is 12.1 Å². The van der Waals surface area contributed by atoms with Gasteiger partial charge in [-0.05, 0) is 0 Å². The van der Waals surface area contributed by atoms with Crippen LogP contribution < -0.4 is 37.7 Å². The number of rotatable bonds is 8. The van der Waals surface area contributed by atoms with Crippen LogP contribution in [0.2, 0.25) is 0 Å². The number of hydrogen-bond acceptors (Lipinski definition) is 0. The molecule has 2 aromatic rings. The minimum Gasteiger partial charge on any atom is -0.656 e. The Balaban J connectivity index is 0.00000242. The summed E-state index contributed by atoms with van der Waals surface area (Å²) in [6, 6.07) is 21.4. The summed E-state index contributed by atoms with van der Waals surface area (Å²) in [6.07, 6.45) is 1.02. The Kier molecular flexibility index (Phi) is 12.7. The summed E-state index contributed by atoms with van der Waals surface area (Å²) in [5, 5.41) is 9.41. The third-order valence-electron chi connectivity index (χ3n) is 3.69. The van der Waals surface area contributed by atoms with Crippen LogP contribution in [0.1, 0.15) is 43.5 Å². The molecule has 0 aliphatic heterocycles. The van der Waals surface area contributed by atoms with Gasteiger partial charge in [0.25, 0.3) is 0 Å². The predicted molar refractivity (Wildman–Crippen MR) is 90.8 cm³/mol. The van der Waals surface area contributed by atoms with Crippen LogP contribution >= 0.6 is 0 Å². The SMILES string of the molecule is C[C@@H]([N-]CCC[N-][C@H](C)c1ccccc1)c1ccccc1.[Li+].[Li+]. The average molecular weight is 294 g/mol. The van der Waals surface area contributed by atoms with Gasteiger partial charge in [-0.3, -0.25) is 0 Å². The van der Waals surface area contributed by atoms with Gasteiger partial charge in [0.05, 0.1) is 0 Å². The Morgan fingerprint density at radius 1 is 0.652 bits per heavy atom. The molecule has 2 rings (SSSR count). The Hall–Kier alpha value is -0.445. The molecule has 2 atom stereocenters. The third kappa shape index (κ3) is 8.28. The zero-order chi connectivity index (χ0) is 14.9. The van der Waals surface area contributed by atoms with Crippen LogP contribution in [0.5, 0.6) is 0 Å². The average Bonchev–Trinajstić information content (AvgIpc) is 2.55. The molecule has 0 heterocycles. The van der Waals surface area contributed by atoms with Gasteiger partial charge in [0, 0.05) is 0 Å². The Bertz CT molecular complexity index is 458. The van der Waals surface area contributed by atoms with Crippen molar-refractivity contribution in [1.82, 2.24) is 0 Å². The molecule has 0 aliphatic rings. The van der Waals surface area contributed by atoms with Crippen LogP contribution in [-0.2, 0) is 0 Å². The van der Waals surface area contributed by atoms with E-state index in [-0.39, 0.29) is 49.8 Å². The number of hydrogen-bond donors (Lipinski definition) is 0. The Labute approximate surface area is 165 Å². The molecule has 0 saturated heterocycles. The first-order valence-corrected chi connectivity index (χ1v) is 7.70. The summed E-state index contributed by atoms with van der Waals surface area (Å²) >= 11 is 0. The summed E-state index contributed by atoms with van der Waals surface area (Å²) in [5.41, 5.74) is 2.57. The van der Waals surface area contributed by atoms with Gasteiger partial charge in [-0.25, -0.2) is 0 Å². The molecule has 0 N–H and O–H groups in total. The molecule has 0 radical (unpaired) electrons. The van der Waals surface area contributed by atoms with Crippen molar-refractivity contribution in [3.63, 3.8) is 0 Å². The van der Waals surface area contributed by atoms with Crippen LogP contribution in [0.15, 0.2) is 60.7 Å². The van der Waals surface area contributed by atoms with Gasteiger partial charge in [0.1, 0.15) is 0 Å². The molecule has 0 aliphatic carbocycles. The molecule has 0 aromatic heterocycles. The zero-order valence-corrected chi connectivity index (χ0v) is 14.9. The first-order valence-electron chi connectivity index (χ1n) is 7.70. The molecule has 0 spiro atoms. The molecule has 0 amide bonds. The maximum absolute atomic E-state index is 4.70. The molecule has 112 valence electrons. The van der Waals surface area contributed by atoms with Crippen molar-refractivity contribution >= 4 is 0 Å². The first-order chi connectivity index (χ1) is 10.3. The normalized spacial score (nSPS) is 12.6. The third-order valence-corrected chi connectivity index (χ3v) is 3.69. The summed E-state index contributed by atoms with van der Waals surface area (Å²) in [6.45, 7) is 6.06. The van der Waals surface area contributed by atoms with Gasteiger partial charge in [0.2, 0.25) is 0 Å². The largest absolute Gasteiger partial charge is 1.00 e. The van der Waals surface area contributed by atoms with E-state index in [1.165, 1.54) is 11.1 Å². The standard InChI is InChI=1S/C19H24N2.2Li/c1-16(18-10-5-3-6-11-18)20-14-9-15-21-17(2)19-12-7-4-8-13-19;;/h3-8,10-13,16-17H,9,14-15H2,1-2H3;;/q-2;2*+1/t16-,17-;;/m1../s1. The Morgan fingerprint density at radius 2 is 1.00 bits per heavy atom. The monoisotopic (exact) mass is 294 g/mol. The maximum atomic E-state index is 4.70. The van der Waals surface area contributed by atoms with Crippen molar-refractivity contribution in [2.24, 2.45) is 0 Å². The fourth-order valence-corrected chi connectivity index (χ4v) is 2.31. The molecular formula is C19H24Li2N2. The van der Waals surface area contributed by atoms with E-state index >= 15 is 0 Å². The molecule has 2 aromatic carbocycles. The molecule has 0 unspecified atom stereocenters. The van der Waals surface area contributed by atoms with Crippen molar-refractivity contribution in [3.05, 3.63) is 82.4 Å². The fourth-order valence-electron chi connectivity index (χ4n) is 2.31. The first kappa shape index (κ1) is 22.6. The summed E-state index contributed by atoms with van der Waals surface area (Å²) < 4.78 is 0. The Morgan fingerprint density at radius 3 is 1.35 bits per heavy atom. The summed E-state index contributed by atoms with van der Waals surface area (Å²) in [4.78, 5) is 0. The van der Waals surface area contributed by atoms with Gasteiger partial charge in [-0.1, -0.05) is 92.1 Å². The molecular weight excluding hydrogens is 270 g/mol. The van der Waals surface area contributed by atoms with Crippen LogP contribution in [0.25, 0.3) is 10.6 Å². The van der Waals surface area contributed by atoms with E-state index in [4.69, 9.17) is 10.6 Å². The summed E-state index contributed by atoms with van der Waals surface area (Å²) in [7, 11) is 0. The van der Waals surface area contributed by atoms with Crippen molar-refractivity contribution < 1.29 is 37.7 Å². The van der Waals surface area contributed by atoms with E-state index in [0.29, 0.717) is 0 Å². The van der Waals surface area contributed by atoms with Crippen molar-refractivity contribution in [1.29, 1.82) is 0 Å². The van der Waals surface area contributed by atoms with E-state index in [0.717, 1.165) is 19.5 Å². The molecule has 0 fully saturated rings.